The van der Waals surface area contributed by atoms with E-state index in [9.17, 15) is 8.42 Å². The second-order valence-electron chi connectivity index (χ2n) is 5.35. The first-order chi connectivity index (χ1) is 9.44. The number of nitrogens with zero attached hydrogens (tertiary/aromatic N) is 1. The average molecular weight is 334 g/mol. The van der Waals surface area contributed by atoms with Crippen molar-refractivity contribution in [3.63, 3.8) is 0 Å². The Morgan fingerprint density at radius 1 is 1.43 bits per heavy atom. The Kier molecular flexibility index (Phi) is 6.46. The van der Waals surface area contributed by atoms with Crippen molar-refractivity contribution in [3.8, 4) is 0 Å². The van der Waals surface area contributed by atoms with Crippen molar-refractivity contribution in [1.82, 2.24) is 9.03 Å². The minimum atomic E-state index is -3.42. The molecule has 0 aromatic heterocycles. The molecule has 1 aliphatic rings. The maximum atomic E-state index is 12.3. The van der Waals surface area contributed by atoms with Gasteiger partial charge in [-0.2, -0.15) is 17.4 Å². The molecule has 0 amide bonds. The average Bonchev–Trinajstić information content (AvgIpc) is 2.38. The second kappa shape index (κ2) is 7.45. The fraction of sp³-hybridized carbons (Fsp3) is 0.571. The maximum absolute atomic E-state index is 12.3. The van der Waals surface area contributed by atoms with Gasteiger partial charge in [-0.05, 0) is 48.9 Å². The van der Waals surface area contributed by atoms with Crippen LogP contribution in [-0.2, 0) is 16.6 Å². The highest BCUT2D eigenvalue weighted by molar-refractivity contribution is 7.87. The molecule has 21 heavy (non-hydrogen) atoms. The minimum Gasteiger partial charge on any atom is -0.399 e. The summed E-state index contributed by atoms with van der Waals surface area (Å²) in [6, 6.07) is 5.58. The van der Waals surface area contributed by atoms with Crippen LogP contribution in [-0.4, -0.2) is 26.3 Å². The van der Waals surface area contributed by atoms with Gasteiger partial charge in [0.15, 0.2) is 0 Å². The van der Waals surface area contributed by atoms with Gasteiger partial charge in [-0.3, -0.25) is 0 Å². The molecule has 0 spiro atoms. The number of anilines is 1. The lowest BCUT2D eigenvalue weighted by Gasteiger charge is -2.28. The van der Waals surface area contributed by atoms with Crippen molar-refractivity contribution in [2.45, 2.75) is 38.6 Å². The number of benzene rings is 1. The van der Waals surface area contributed by atoms with E-state index in [1.54, 1.807) is 7.05 Å². The molecule has 1 aromatic carbocycles. The van der Waals surface area contributed by atoms with Crippen LogP contribution in [0.2, 0.25) is 0 Å². The van der Waals surface area contributed by atoms with Crippen LogP contribution in [0, 0.1) is 0 Å². The summed E-state index contributed by atoms with van der Waals surface area (Å²) in [7, 11) is -1.81. The van der Waals surface area contributed by atoms with Crippen molar-refractivity contribution < 1.29 is 8.42 Å². The molecule has 1 aromatic rings. The van der Waals surface area contributed by atoms with E-state index in [0.29, 0.717) is 6.54 Å². The van der Waals surface area contributed by atoms with Crippen LogP contribution < -0.4 is 10.5 Å². The molecule has 5 nitrogen and oxygen atoms in total. The molecule has 1 aliphatic carbocycles. The third kappa shape index (κ3) is 4.32. The van der Waals surface area contributed by atoms with E-state index in [0.717, 1.165) is 42.5 Å². The molecular weight excluding hydrogens is 310 g/mol. The zero-order chi connectivity index (χ0) is 14.8. The Balaban J connectivity index is 0.00000220. The SMILES string of the molecule is CCCN(C)S(=O)(=O)NC1CCCc2cc(N)ccc21.Cl. The van der Waals surface area contributed by atoms with Crippen molar-refractivity contribution in [1.29, 1.82) is 0 Å². The number of nitrogens with two attached hydrogens (primary N) is 1. The normalized spacial score (nSPS) is 18.1. The van der Waals surface area contributed by atoms with Gasteiger partial charge in [-0.25, -0.2) is 0 Å². The van der Waals surface area contributed by atoms with E-state index < -0.39 is 10.2 Å². The van der Waals surface area contributed by atoms with E-state index in [1.807, 2.05) is 25.1 Å². The number of nitrogens with one attached hydrogen (secondary N) is 1. The molecule has 7 heteroatoms. The van der Waals surface area contributed by atoms with Crippen LogP contribution in [0.1, 0.15) is 43.4 Å². The lowest BCUT2D eigenvalue weighted by Crippen LogP contribution is -2.41. The first-order valence-corrected chi connectivity index (χ1v) is 8.50. The summed E-state index contributed by atoms with van der Waals surface area (Å²) >= 11 is 0. The molecule has 0 bridgehead atoms. The highest BCUT2D eigenvalue weighted by Crippen LogP contribution is 2.31. The van der Waals surface area contributed by atoms with Gasteiger partial charge >= 0.3 is 0 Å². The minimum absolute atomic E-state index is 0. The molecule has 0 aliphatic heterocycles. The van der Waals surface area contributed by atoms with E-state index in [2.05, 4.69) is 4.72 Å². The third-order valence-corrected chi connectivity index (χ3v) is 5.31. The standard InChI is InChI=1S/C14H23N3O2S.ClH/c1-3-9-17(2)20(18,19)16-14-6-4-5-11-10-12(15)7-8-13(11)14;/h7-8,10,14,16H,3-6,9,15H2,1-2H3;1H. The molecule has 0 fully saturated rings. The van der Waals surface area contributed by atoms with Crippen LogP contribution in [0.15, 0.2) is 18.2 Å². The number of rotatable bonds is 5. The molecule has 120 valence electrons. The Morgan fingerprint density at radius 3 is 2.81 bits per heavy atom. The zero-order valence-corrected chi connectivity index (χ0v) is 14.1. The molecule has 0 saturated carbocycles. The summed E-state index contributed by atoms with van der Waals surface area (Å²) in [5.74, 6) is 0. The summed E-state index contributed by atoms with van der Waals surface area (Å²) in [5.41, 5.74) is 8.74. The lowest BCUT2D eigenvalue weighted by molar-refractivity contribution is 0.434. The molecular formula is C14H24ClN3O2S. The molecule has 1 unspecified atom stereocenters. The third-order valence-electron chi connectivity index (χ3n) is 3.72. The van der Waals surface area contributed by atoms with Gasteiger partial charge in [0.1, 0.15) is 0 Å². The summed E-state index contributed by atoms with van der Waals surface area (Å²) < 4.78 is 28.7. The fourth-order valence-electron chi connectivity index (χ4n) is 2.66. The van der Waals surface area contributed by atoms with Crippen LogP contribution in [0.25, 0.3) is 0 Å². The van der Waals surface area contributed by atoms with Crippen LogP contribution in [0.4, 0.5) is 5.69 Å². The van der Waals surface area contributed by atoms with Crippen molar-refractivity contribution in [2.75, 3.05) is 19.3 Å². The van der Waals surface area contributed by atoms with Crippen molar-refractivity contribution in [2.24, 2.45) is 0 Å². The first kappa shape index (κ1) is 18.2. The monoisotopic (exact) mass is 333 g/mol. The van der Waals surface area contributed by atoms with E-state index in [1.165, 1.54) is 4.31 Å². The predicted octanol–water partition coefficient (Wildman–Crippen LogP) is 2.24. The summed E-state index contributed by atoms with van der Waals surface area (Å²) in [6.07, 6.45) is 3.57. The van der Waals surface area contributed by atoms with Crippen molar-refractivity contribution >= 4 is 28.3 Å². The van der Waals surface area contributed by atoms with Crippen molar-refractivity contribution in [3.05, 3.63) is 29.3 Å². The predicted molar refractivity (Wildman–Crippen MR) is 88.8 cm³/mol. The van der Waals surface area contributed by atoms with Gasteiger partial charge in [0.05, 0.1) is 0 Å². The number of hydrogen-bond donors (Lipinski definition) is 2. The molecule has 1 atom stereocenters. The topological polar surface area (TPSA) is 75.4 Å². The smallest absolute Gasteiger partial charge is 0.279 e. The van der Waals surface area contributed by atoms with Crippen LogP contribution in [0.5, 0.6) is 0 Å². The van der Waals surface area contributed by atoms with E-state index >= 15 is 0 Å². The van der Waals surface area contributed by atoms with Gasteiger partial charge in [-0.15, -0.1) is 12.4 Å². The molecule has 0 heterocycles. The molecule has 0 saturated heterocycles. The maximum Gasteiger partial charge on any atom is 0.279 e. The Labute approximate surface area is 133 Å². The molecule has 3 N–H and O–H groups in total. The van der Waals surface area contributed by atoms with E-state index in [4.69, 9.17) is 5.73 Å². The number of fused-ring (bicyclic) bond motifs is 1. The van der Waals surface area contributed by atoms with Gasteiger partial charge in [0.25, 0.3) is 10.2 Å². The van der Waals surface area contributed by atoms with Gasteiger partial charge < -0.3 is 5.73 Å². The first-order valence-electron chi connectivity index (χ1n) is 7.06. The summed E-state index contributed by atoms with van der Waals surface area (Å²) in [6.45, 7) is 2.49. The van der Waals surface area contributed by atoms with Gasteiger partial charge in [0.2, 0.25) is 0 Å². The van der Waals surface area contributed by atoms with Crippen LogP contribution >= 0.6 is 12.4 Å². The number of aryl methyl sites for hydroxylation is 1. The second-order valence-corrected chi connectivity index (χ2v) is 7.16. The zero-order valence-electron chi connectivity index (χ0n) is 12.5. The fourth-order valence-corrected chi connectivity index (χ4v) is 3.87. The highest BCUT2D eigenvalue weighted by atomic mass is 35.5. The van der Waals surface area contributed by atoms with E-state index in [-0.39, 0.29) is 18.4 Å². The Hall–Kier alpha value is -0.820. The van der Waals surface area contributed by atoms with Crippen LogP contribution in [0.3, 0.4) is 0 Å². The Bertz CT molecular complexity index is 578. The summed E-state index contributed by atoms with van der Waals surface area (Å²) in [5, 5.41) is 0. The number of halogens is 1. The highest BCUT2D eigenvalue weighted by Gasteiger charge is 2.26. The molecule has 2 rings (SSSR count). The summed E-state index contributed by atoms with van der Waals surface area (Å²) in [4.78, 5) is 0. The molecule has 0 radical (unpaired) electrons. The largest absolute Gasteiger partial charge is 0.399 e. The quantitative estimate of drug-likeness (QED) is 0.811. The van der Waals surface area contributed by atoms with Gasteiger partial charge in [0, 0.05) is 25.3 Å². The number of nitrogen functional groups attached to an aromatic ring is 1. The van der Waals surface area contributed by atoms with Gasteiger partial charge in [-0.1, -0.05) is 13.0 Å². The lowest BCUT2D eigenvalue weighted by atomic mass is 9.88. The Morgan fingerprint density at radius 2 is 2.14 bits per heavy atom. The number of hydrogen-bond acceptors (Lipinski definition) is 3.